The lowest BCUT2D eigenvalue weighted by Crippen LogP contribution is -2.54. The van der Waals surface area contributed by atoms with Crippen LogP contribution in [0.1, 0.15) is 45.4 Å². The van der Waals surface area contributed by atoms with Crippen LogP contribution in [-0.4, -0.2) is 34.5 Å². The molecule has 4 nitrogen and oxygen atoms in total. The van der Waals surface area contributed by atoms with Gasteiger partial charge in [-0.2, -0.15) is 0 Å². The molecular weight excluding hydrogens is 242 g/mol. The summed E-state index contributed by atoms with van der Waals surface area (Å²) in [7, 11) is 0. The summed E-state index contributed by atoms with van der Waals surface area (Å²) >= 11 is 0. The first kappa shape index (κ1) is 12.9. The minimum absolute atomic E-state index is 0.0776. The molecule has 106 valence electrons. The number of likely N-dealkylation sites (tertiary alicyclic amines) is 1. The van der Waals surface area contributed by atoms with E-state index in [1.165, 1.54) is 19.3 Å². The number of carbonyl (C=O) groups excluding carboxylic acids is 1. The first-order valence-electron chi connectivity index (χ1n) is 7.61. The summed E-state index contributed by atoms with van der Waals surface area (Å²) in [5.74, 6) is 0.753. The summed E-state index contributed by atoms with van der Waals surface area (Å²) < 4.78 is 0. The molecule has 4 heteroatoms. The first-order valence-corrected chi connectivity index (χ1v) is 7.61. The molecule has 2 aliphatic carbocycles. The maximum absolute atomic E-state index is 12.7. The fraction of sp³-hybridized carbons (Fsp3) is 0.867. The third kappa shape index (κ3) is 2.15. The first-order chi connectivity index (χ1) is 9.08. The maximum atomic E-state index is 12.7. The van der Waals surface area contributed by atoms with Gasteiger partial charge in [-0.3, -0.25) is 4.79 Å². The van der Waals surface area contributed by atoms with Crippen molar-refractivity contribution in [1.82, 2.24) is 4.90 Å². The number of hydrogen-bond acceptors (Lipinski definition) is 2. The molecule has 5 atom stereocenters. The molecule has 2 bridgehead atoms. The highest BCUT2D eigenvalue weighted by Crippen LogP contribution is 2.49. The number of nitrogens with zero attached hydrogens (tertiary/aromatic N) is 1. The minimum atomic E-state index is -0.830. The summed E-state index contributed by atoms with van der Waals surface area (Å²) in [6.07, 6.45) is 6.49. The second-order valence-electron chi connectivity index (χ2n) is 6.72. The number of aliphatic carboxylic acids is 1. The Morgan fingerprint density at radius 2 is 1.95 bits per heavy atom. The maximum Gasteiger partial charge on any atom is 0.326 e. The van der Waals surface area contributed by atoms with Crippen molar-refractivity contribution < 1.29 is 14.7 Å². The van der Waals surface area contributed by atoms with E-state index in [0.717, 1.165) is 25.2 Å². The normalized spacial score (nSPS) is 41.5. The van der Waals surface area contributed by atoms with Crippen molar-refractivity contribution >= 4 is 11.9 Å². The lowest BCUT2D eigenvalue weighted by molar-refractivity contribution is -0.157. The Balaban J connectivity index is 1.76. The molecular formula is C15H23NO3. The monoisotopic (exact) mass is 265 g/mol. The lowest BCUT2D eigenvalue weighted by Gasteiger charge is -2.39. The van der Waals surface area contributed by atoms with Crippen LogP contribution in [0.4, 0.5) is 0 Å². The highest BCUT2D eigenvalue weighted by molar-refractivity contribution is 5.86. The fourth-order valence-electron chi connectivity index (χ4n) is 4.57. The van der Waals surface area contributed by atoms with Gasteiger partial charge in [-0.25, -0.2) is 4.79 Å². The Hall–Kier alpha value is -1.06. The second-order valence-corrected chi connectivity index (χ2v) is 6.72. The molecule has 3 rings (SSSR count). The highest BCUT2D eigenvalue weighted by atomic mass is 16.4. The van der Waals surface area contributed by atoms with Gasteiger partial charge >= 0.3 is 5.97 Å². The Kier molecular flexibility index (Phi) is 3.27. The molecule has 3 fully saturated rings. The van der Waals surface area contributed by atoms with Gasteiger partial charge in [-0.05, 0) is 49.9 Å². The molecule has 0 aromatic heterocycles. The zero-order chi connectivity index (χ0) is 13.6. The average molecular weight is 265 g/mol. The van der Waals surface area contributed by atoms with Gasteiger partial charge < -0.3 is 10.0 Å². The van der Waals surface area contributed by atoms with Crippen LogP contribution < -0.4 is 0 Å². The molecule has 0 spiro atoms. The summed E-state index contributed by atoms with van der Waals surface area (Å²) in [6, 6.07) is -0.597. The largest absolute Gasteiger partial charge is 0.480 e. The Labute approximate surface area is 114 Å². The number of hydrogen-bond donors (Lipinski definition) is 1. The molecule has 5 unspecified atom stereocenters. The van der Waals surface area contributed by atoms with Crippen molar-refractivity contribution in [3.63, 3.8) is 0 Å². The van der Waals surface area contributed by atoms with Gasteiger partial charge in [-0.1, -0.05) is 13.3 Å². The van der Waals surface area contributed by atoms with Crippen LogP contribution in [0, 0.1) is 23.7 Å². The number of piperidine rings is 1. The van der Waals surface area contributed by atoms with Crippen molar-refractivity contribution in [2.75, 3.05) is 6.54 Å². The quantitative estimate of drug-likeness (QED) is 0.832. The molecule has 1 amide bonds. The molecule has 1 aliphatic heterocycles. The van der Waals surface area contributed by atoms with E-state index in [-0.39, 0.29) is 17.7 Å². The van der Waals surface area contributed by atoms with E-state index in [1.54, 1.807) is 4.90 Å². The van der Waals surface area contributed by atoms with Crippen LogP contribution in [-0.2, 0) is 9.59 Å². The molecule has 1 heterocycles. The fourth-order valence-corrected chi connectivity index (χ4v) is 4.57. The zero-order valence-corrected chi connectivity index (χ0v) is 11.5. The third-order valence-electron chi connectivity index (χ3n) is 5.52. The lowest BCUT2D eigenvalue weighted by atomic mass is 9.84. The summed E-state index contributed by atoms with van der Waals surface area (Å²) in [4.78, 5) is 25.9. The van der Waals surface area contributed by atoms with Crippen LogP contribution in [0.15, 0.2) is 0 Å². The van der Waals surface area contributed by atoms with E-state index in [2.05, 4.69) is 0 Å². The SMILES string of the molecule is CC1CCCN(C(=O)C2CC3CCC2C3)C1C(=O)O. The number of carboxylic acid groups (broad SMARTS) is 1. The molecule has 1 N–H and O–H groups in total. The number of carbonyl (C=O) groups is 2. The van der Waals surface area contributed by atoms with E-state index >= 15 is 0 Å². The average Bonchev–Trinajstić information content (AvgIpc) is 2.99. The predicted molar refractivity (Wildman–Crippen MR) is 70.5 cm³/mol. The van der Waals surface area contributed by atoms with Gasteiger partial charge in [0, 0.05) is 12.5 Å². The minimum Gasteiger partial charge on any atom is -0.480 e. The predicted octanol–water partition coefficient (Wildman–Crippen LogP) is 2.13. The van der Waals surface area contributed by atoms with E-state index in [9.17, 15) is 14.7 Å². The summed E-state index contributed by atoms with van der Waals surface area (Å²) in [6.45, 7) is 2.59. The van der Waals surface area contributed by atoms with E-state index in [0.29, 0.717) is 12.5 Å². The van der Waals surface area contributed by atoms with Gasteiger partial charge in [0.05, 0.1) is 0 Å². The number of amides is 1. The van der Waals surface area contributed by atoms with Gasteiger partial charge in [0.25, 0.3) is 0 Å². The van der Waals surface area contributed by atoms with Crippen molar-refractivity contribution in [3.8, 4) is 0 Å². The number of rotatable bonds is 2. The van der Waals surface area contributed by atoms with Crippen LogP contribution >= 0.6 is 0 Å². The summed E-state index contributed by atoms with van der Waals surface area (Å²) in [5.41, 5.74) is 0. The molecule has 19 heavy (non-hydrogen) atoms. The van der Waals surface area contributed by atoms with Crippen LogP contribution in [0.2, 0.25) is 0 Å². The standard InChI is InChI=1S/C15H23NO3/c1-9-3-2-6-16(13(9)15(18)19)14(17)12-8-10-4-5-11(12)7-10/h9-13H,2-8H2,1H3,(H,18,19). The van der Waals surface area contributed by atoms with E-state index < -0.39 is 12.0 Å². The van der Waals surface area contributed by atoms with Crippen molar-refractivity contribution in [2.45, 2.75) is 51.5 Å². The topological polar surface area (TPSA) is 57.6 Å². The van der Waals surface area contributed by atoms with Gasteiger partial charge in [0.1, 0.15) is 6.04 Å². The molecule has 1 saturated heterocycles. The van der Waals surface area contributed by atoms with Gasteiger partial charge in [-0.15, -0.1) is 0 Å². The smallest absolute Gasteiger partial charge is 0.326 e. The van der Waals surface area contributed by atoms with E-state index in [4.69, 9.17) is 0 Å². The number of fused-ring (bicyclic) bond motifs is 2. The van der Waals surface area contributed by atoms with Crippen LogP contribution in [0.5, 0.6) is 0 Å². The molecule has 0 aromatic carbocycles. The molecule has 3 aliphatic rings. The van der Waals surface area contributed by atoms with Crippen LogP contribution in [0.3, 0.4) is 0 Å². The Morgan fingerprint density at radius 1 is 1.16 bits per heavy atom. The number of carboxylic acids is 1. The van der Waals surface area contributed by atoms with E-state index in [1.807, 2.05) is 6.92 Å². The van der Waals surface area contributed by atoms with Crippen molar-refractivity contribution in [1.29, 1.82) is 0 Å². The van der Waals surface area contributed by atoms with Crippen LogP contribution in [0.25, 0.3) is 0 Å². The Bertz CT molecular complexity index is 395. The highest BCUT2D eigenvalue weighted by Gasteiger charge is 2.47. The molecule has 0 aromatic rings. The molecule has 2 saturated carbocycles. The Morgan fingerprint density at radius 3 is 2.53 bits per heavy atom. The van der Waals surface area contributed by atoms with Crippen molar-refractivity contribution in [2.24, 2.45) is 23.7 Å². The molecule has 0 radical (unpaired) electrons. The third-order valence-corrected chi connectivity index (χ3v) is 5.52. The summed E-state index contributed by atoms with van der Waals surface area (Å²) in [5, 5.41) is 9.41. The van der Waals surface area contributed by atoms with Crippen molar-refractivity contribution in [3.05, 3.63) is 0 Å². The zero-order valence-electron chi connectivity index (χ0n) is 11.5. The van der Waals surface area contributed by atoms with Gasteiger partial charge in [0.15, 0.2) is 0 Å². The second kappa shape index (κ2) is 4.80. The van der Waals surface area contributed by atoms with Gasteiger partial charge in [0.2, 0.25) is 5.91 Å².